The second-order valence-electron chi connectivity index (χ2n) is 7.81. The average Bonchev–Trinajstić information content (AvgIpc) is 3.16. The molecule has 2 saturated heterocycles. The highest BCUT2D eigenvalue weighted by molar-refractivity contribution is 5.17. The van der Waals surface area contributed by atoms with Gasteiger partial charge in [-0.2, -0.15) is 0 Å². The minimum atomic E-state index is 0.551. The van der Waals surface area contributed by atoms with Crippen molar-refractivity contribution >= 4 is 0 Å². The molecule has 0 saturated carbocycles. The molecule has 5 heteroatoms. The maximum Gasteiger partial charge on any atom is 0.130 e. The third kappa shape index (κ3) is 4.72. The van der Waals surface area contributed by atoms with Gasteiger partial charge < -0.3 is 4.74 Å². The lowest BCUT2D eigenvalue weighted by molar-refractivity contribution is 0.0454. The maximum atomic E-state index is 5.12. The van der Waals surface area contributed by atoms with E-state index in [0.717, 1.165) is 37.8 Å². The Kier molecular flexibility index (Phi) is 6.12. The number of nitrogens with zero attached hydrogens (tertiary/aromatic N) is 4. The van der Waals surface area contributed by atoms with Crippen LogP contribution in [0.5, 0.6) is 0 Å². The van der Waals surface area contributed by atoms with E-state index in [4.69, 9.17) is 4.74 Å². The summed E-state index contributed by atoms with van der Waals surface area (Å²) in [6.07, 6.45) is 8.55. The van der Waals surface area contributed by atoms with Gasteiger partial charge in [-0.15, -0.1) is 0 Å². The first-order valence-corrected chi connectivity index (χ1v) is 10.1. The zero-order valence-electron chi connectivity index (χ0n) is 16.3. The van der Waals surface area contributed by atoms with Gasteiger partial charge in [0, 0.05) is 63.2 Å². The van der Waals surface area contributed by atoms with E-state index in [1.165, 1.54) is 37.1 Å². The topological polar surface area (TPSA) is 41.5 Å². The first-order chi connectivity index (χ1) is 13.3. The molecule has 1 aromatic heterocycles. The highest BCUT2D eigenvalue weighted by Crippen LogP contribution is 2.27. The number of fused-ring (bicyclic) bond motifs is 1. The quantitative estimate of drug-likeness (QED) is 0.753. The number of aromatic nitrogens is 2. The molecule has 0 amide bonds. The minimum Gasteiger partial charge on any atom is -0.384 e. The fraction of sp³-hybridized carbons (Fsp3) is 0.545. The number of ether oxygens (including phenoxy) is 1. The Morgan fingerprint density at radius 2 is 1.89 bits per heavy atom. The van der Waals surface area contributed by atoms with Crippen molar-refractivity contribution < 1.29 is 4.74 Å². The summed E-state index contributed by atoms with van der Waals surface area (Å²) >= 11 is 0. The lowest BCUT2D eigenvalue weighted by Gasteiger charge is -2.44. The summed E-state index contributed by atoms with van der Waals surface area (Å²) in [4.78, 5) is 14.4. The van der Waals surface area contributed by atoms with Crippen LogP contribution < -0.4 is 0 Å². The summed E-state index contributed by atoms with van der Waals surface area (Å²) in [5.74, 6) is 0.863. The predicted molar refractivity (Wildman–Crippen MR) is 107 cm³/mol. The fourth-order valence-corrected chi connectivity index (χ4v) is 4.44. The predicted octanol–water partition coefficient (Wildman–Crippen LogP) is 2.56. The lowest BCUT2D eigenvalue weighted by Crippen LogP contribution is -2.56. The Balaban J connectivity index is 1.45. The van der Waals surface area contributed by atoms with Crippen LogP contribution in [0.2, 0.25) is 0 Å². The van der Waals surface area contributed by atoms with Gasteiger partial charge in [-0.1, -0.05) is 30.3 Å². The van der Waals surface area contributed by atoms with Crippen LogP contribution in [0.25, 0.3) is 0 Å². The van der Waals surface area contributed by atoms with Crippen LogP contribution in [0.3, 0.4) is 0 Å². The SMILES string of the molecule is COCCc1ncc(CN2C[C@@H]3CCCN3C[C@@H]2Cc2ccccc2)cn1. The van der Waals surface area contributed by atoms with Gasteiger partial charge in [-0.3, -0.25) is 9.80 Å². The van der Waals surface area contributed by atoms with Gasteiger partial charge in [0.2, 0.25) is 0 Å². The van der Waals surface area contributed by atoms with Gasteiger partial charge in [0.25, 0.3) is 0 Å². The Morgan fingerprint density at radius 1 is 1.07 bits per heavy atom. The van der Waals surface area contributed by atoms with Crippen LogP contribution in [0, 0.1) is 0 Å². The van der Waals surface area contributed by atoms with Gasteiger partial charge in [0.15, 0.2) is 0 Å². The van der Waals surface area contributed by atoms with Crippen LogP contribution in [-0.2, 0) is 24.1 Å². The van der Waals surface area contributed by atoms with Crippen molar-refractivity contribution in [1.29, 1.82) is 0 Å². The number of benzene rings is 1. The molecule has 0 N–H and O–H groups in total. The van der Waals surface area contributed by atoms with Crippen molar-refractivity contribution in [2.24, 2.45) is 0 Å². The molecule has 3 heterocycles. The third-order valence-electron chi connectivity index (χ3n) is 5.89. The minimum absolute atomic E-state index is 0.551. The number of rotatable bonds is 7. The standard InChI is InChI=1S/C22H30N4O/c1-27-11-9-22-23-13-19(14-24-22)15-26-16-20-8-5-10-25(20)17-21(26)12-18-6-3-2-4-7-18/h2-4,6-7,13-14,20-21H,5,8-12,15-17H2,1H3/t20-,21-/m0/s1. The normalized spacial score (nSPS) is 23.4. The van der Waals surface area contributed by atoms with Crippen molar-refractivity contribution in [2.45, 2.75) is 44.3 Å². The molecule has 0 aliphatic carbocycles. The number of piperazine rings is 1. The molecule has 5 nitrogen and oxygen atoms in total. The van der Waals surface area contributed by atoms with Gasteiger partial charge >= 0.3 is 0 Å². The van der Waals surface area contributed by atoms with E-state index in [9.17, 15) is 0 Å². The molecule has 4 rings (SSSR count). The maximum absolute atomic E-state index is 5.12. The molecule has 27 heavy (non-hydrogen) atoms. The van der Waals surface area contributed by atoms with Crippen molar-refractivity contribution in [3.05, 3.63) is 59.7 Å². The van der Waals surface area contributed by atoms with Gasteiger partial charge in [-0.05, 0) is 31.4 Å². The number of hydrogen-bond donors (Lipinski definition) is 0. The van der Waals surface area contributed by atoms with Gasteiger partial charge in [0.05, 0.1) is 6.61 Å². The van der Waals surface area contributed by atoms with Crippen LogP contribution in [0.4, 0.5) is 0 Å². The molecule has 2 atom stereocenters. The molecular weight excluding hydrogens is 336 g/mol. The average molecular weight is 367 g/mol. The highest BCUT2D eigenvalue weighted by atomic mass is 16.5. The van der Waals surface area contributed by atoms with Crippen molar-refractivity contribution in [3.63, 3.8) is 0 Å². The molecule has 1 aromatic carbocycles. The van der Waals surface area contributed by atoms with E-state index >= 15 is 0 Å². The summed E-state index contributed by atoms with van der Waals surface area (Å²) in [5.41, 5.74) is 2.64. The molecule has 2 aliphatic heterocycles. The molecule has 0 radical (unpaired) electrons. The summed E-state index contributed by atoms with van der Waals surface area (Å²) in [7, 11) is 1.71. The molecule has 0 unspecified atom stereocenters. The number of hydrogen-bond acceptors (Lipinski definition) is 5. The summed E-state index contributed by atoms with van der Waals surface area (Å²) in [6, 6.07) is 12.2. The zero-order valence-corrected chi connectivity index (χ0v) is 16.3. The van der Waals surface area contributed by atoms with E-state index in [2.05, 4.69) is 50.1 Å². The van der Waals surface area contributed by atoms with Crippen molar-refractivity contribution in [2.75, 3.05) is 33.4 Å². The lowest BCUT2D eigenvalue weighted by atomic mass is 9.99. The second-order valence-corrected chi connectivity index (χ2v) is 7.81. The molecule has 0 bridgehead atoms. The first kappa shape index (κ1) is 18.5. The fourth-order valence-electron chi connectivity index (χ4n) is 4.44. The largest absolute Gasteiger partial charge is 0.384 e. The van der Waals surface area contributed by atoms with Crippen molar-refractivity contribution in [3.8, 4) is 0 Å². The van der Waals surface area contributed by atoms with E-state index in [-0.39, 0.29) is 0 Å². The Bertz CT molecular complexity index is 706. The van der Waals surface area contributed by atoms with Crippen LogP contribution >= 0.6 is 0 Å². The second kappa shape index (κ2) is 8.91. The summed E-state index contributed by atoms with van der Waals surface area (Å²) in [5, 5.41) is 0. The molecule has 0 spiro atoms. The molecule has 2 aromatic rings. The third-order valence-corrected chi connectivity index (χ3v) is 5.89. The van der Waals surface area contributed by atoms with Crippen LogP contribution in [0.1, 0.15) is 29.8 Å². The zero-order chi connectivity index (χ0) is 18.5. The Hall–Kier alpha value is -1.82. The highest BCUT2D eigenvalue weighted by Gasteiger charge is 2.36. The van der Waals surface area contributed by atoms with Crippen molar-refractivity contribution in [1.82, 2.24) is 19.8 Å². The summed E-state index contributed by atoms with van der Waals surface area (Å²) < 4.78 is 5.12. The number of methoxy groups -OCH3 is 1. The monoisotopic (exact) mass is 366 g/mol. The Morgan fingerprint density at radius 3 is 2.67 bits per heavy atom. The van der Waals surface area contributed by atoms with E-state index in [0.29, 0.717) is 12.6 Å². The Labute approximate surface area is 162 Å². The van der Waals surface area contributed by atoms with Crippen LogP contribution in [-0.4, -0.2) is 65.2 Å². The van der Waals surface area contributed by atoms with Gasteiger partial charge in [0.1, 0.15) is 5.82 Å². The van der Waals surface area contributed by atoms with Gasteiger partial charge in [-0.25, -0.2) is 9.97 Å². The molecule has 2 aliphatic rings. The van der Waals surface area contributed by atoms with E-state index in [1.807, 2.05) is 12.4 Å². The summed E-state index contributed by atoms with van der Waals surface area (Å²) in [6.45, 7) is 5.20. The van der Waals surface area contributed by atoms with Crippen LogP contribution in [0.15, 0.2) is 42.7 Å². The van der Waals surface area contributed by atoms with E-state index < -0.39 is 0 Å². The smallest absolute Gasteiger partial charge is 0.130 e. The molecule has 2 fully saturated rings. The molecular formula is C22H30N4O. The first-order valence-electron chi connectivity index (χ1n) is 10.1. The molecule has 144 valence electrons. The van der Waals surface area contributed by atoms with E-state index in [1.54, 1.807) is 7.11 Å².